The summed E-state index contributed by atoms with van der Waals surface area (Å²) in [6, 6.07) is 12.3. The van der Waals surface area contributed by atoms with Gasteiger partial charge in [-0.05, 0) is 44.5 Å². The molecule has 1 N–H and O–H groups in total. The van der Waals surface area contributed by atoms with Crippen molar-refractivity contribution in [3.8, 4) is 5.75 Å². The Balaban J connectivity index is 2.05. The van der Waals surface area contributed by atoms with Crippen molar-refractivity contribution in [1.29, 1.82) is 0 Å². The molecule has 0 aromatic heterocycles. The van der Waals surface area contributed by atoms with Crippen molar-refractivity contribution in [3.63, 3.8) is 0 Å². The maximum Gasteiger partial charge on any atom is 0.138 e. The molecule has 2 nitrogen and oxygen atoms in total. The molecule has 0 unspecified atom stereocenters. The van der Waals surface area contributed by atoms with E-state index in [4.69, 9.17) is 16.3 Å². The van der Waals surface area contributed by atoms with Crippen molar-refractivity contribution in [2.45, 2.75) is 27.3 Å². The van der Waals surface area contributed by atoms with Gasteiger partial charge in [-0.3, -0.25) is 0 Å². The number of ether oxygens (including phenoxy) is 1. The second-order valence-corrected chi connectivity index (χ2v) is 5.33. The lowest BCUT2D eigenvalue weighted by Gasteiger charge is -2.11. The first-order chi connectivity index (χ1) is 9.58. The van der Waals surface area contributed by atoms with Crippen LogP contribution in [0.25, 0.3) is 0 Å². The van der Waals surface area contributed by atoms with Gasteiger partial charge >= 0.3 is 0 Å². The fourth-order valence-corrected chi connectivity index (χ4v) is 2.49. The first-order valence-electron chi connectivity index (χ1n) is 6.82. The lowest BCUT2D eigenvalue weighted by atomic mass is 10.1. The zero-order chi connectivity index (χ0) is 14.5. The van der Waals surface area contributed by atoms with Gasteiger partial charge in [-0.1, -0.05) is 40.9 Å². The molecule has 0 aliphatic carbocycles. The molecule has 0 radical (unpaired) electrons. The second-order valence-electron chi connectivity index (χ2n) is 4.93. The van der Waals surface area contributed by atoms with Gasteiger partial charge in [-0.25, -0.2) is 0 Å². The van der Waals surface area contributed by atoms with Crippen LogP contribution in [0.4, 0.5) is 5.69 Å². The molecule has 0 aliphatic rings. The van der Waals surface area contributed by atoms with Crippen LogP contribution in [0.3, 0.4) is 0 Å². The minimum absolute atomic E-state index is 0.620. The lowest BCUT2D eigenvalue weighted by molar-refractivity contribution is 0.340. The molecule has 0 heterocycles. The summed E-state index contributed by atoms with van der Waals surface area (Å²) in [5.41, 5.74) is 4.84. The fraction of sp³-hybridized carbons (Fsp3) is 0.294. The molecule has 2 aromatic rings. The van der Waals surface area contributed by atoms with Gasteiger partial charge in [0.2, 0.25) is 0 Å². The van der Waals surface area contributed by atoms with Gasteiger partial charge < -0.3 is 10.1 Å². The molecule has 2 aromatic carbocycles. The Morgan fingerprint density at radius 1 is 1.05 bits per heavy atom. The minimum atomic E-state index is 0.620. The highest BCUT2D eigenvalue weighted by molar-refractivity contribution is 6.32. The summed E-state index contributed by atoms with van der Waals surface area (Å²) in [6.45, 7) is 7.58. The SMILES string of the molecule is CCOc1ccc(NCc2cc(C)cc(C)c2)cc1Cl. The van der Waals surface area contributed by atoms with E-state index in [1.54, 1.807) is 0 Å². The van der Waals surface area contributed by atoms with E-state index in [1.807, 2.05) is 25.1 Å². The highest BCUT2D eigenvalue weighted by Crippen LogP contribution is 2.27. The van der Waals surface area contributed by atoms with Crippen molar-refractivity contribution >= 4 is 17.3 Å². The van der Waals surface area contributed by atoms with Crippen LogP contribution in [-0.4, -0.2) is 6.61 Å². The zero-order valence-corrected chi connectivity index (χ0v) is 12.9. The van der Waals surface area contributed by atoms with Crippen molar-refractivity contribution in [2.75, 3.05) is 11.9 Å². The van der Waals surface area contributed by atoms with E-state index in [0.717, 1.165) is 18.0 Å². The molecule has 106 valence electrons. The first-order valence-corrected chi connectivity index (χ1v) is 7.19. The van der Waals surface area contributed by atoms with E-state index >= 15 is 0 Å². The third-order valence-electron chi connectivity index (χ3n) is 3.01. The average Bonchev–Trinajstić information content (AvgIpc) is 2.38. The van der Waals surface area contributed by atoms with Crippen molar-refractivity contribution in [2.24, 2.45) is 0 Å². The van der Waals surface area contributed by atoms with Gasteiger partial charge in [0, 0.05) is 12.2 Å². The number of anilines is 1. The lowest BCUT2D eigenvalue weighted by Crippen LogP contribution is -2.00. The molecule has 0 bridgehead atoms. The van der Waals surface area contributed by atoms with Gasteiger partial charge in [-0.2, -0.15) is 0 Å². The Morgan fingerprint density at radius 3 is 2.35 bits per heavy atom. The van der Waals surface area contributed by atoms with Crippen LogP contribution in [0, 0.1) is 13.8 Å². The third-order valence-corrected chi connectivity index (χ3v) is 3.31. The normalized spacial score (nSPS) is 10.4. The number of hydrogen-bond acceptors (Lipinski definition) is 2. The molecule has 0 saturated heterocycles. The van der Waals surface area contributed by atoms with Crippen LogP contribution < -0.4 is 10.1 Å². The molecular weight excluding hydrogens is 270 g/mol. The quantitative estimate of drug-likeness (QED) is 0.839. The van der Waals surface area contributed by atoms with Crippen LogP contribution >= 0.6 is 11.6 Å². The maximum atomic E-state index is 6.18. The summed E-state index contributed by atoms with van der Waals surface area (Å²) in [4.78, 5) is 0. The van der Waals surface area contributed by atoms with Gasteiger partial charge in [0.05, 0.1) is 11.6 Å². The number of rotatable bonds is 5. The van der Waals surface area contributed by atoms with Crippen molar-refractivity contribution in [1.82, 2.24) is 0 Å². The molecule has 20 heavy (non-hydrogen) atoms. The number of hydrogen-bond donors (Lipinski definition) is 1. The van der Waals surface area contributed by atoms with Gasteiger partial charge in [0.1, 0.15) is 5.75 Å². The summed E-state index contributed by atoms with van der Waals surface area (Å²) < 4.78 is 5.43. The third kappa shape index (κ3) is 3.91. The number of aryl methyl sites for hydroxylation is 2. The van der Waals surface area contributed by atoms with Crippen LogP contribution in [0.2, 0.25) is 5.02 Å². The Morgan fingerprint density at radius 2 is 1.75 bits per heavy atom. The van der Waals surface area contributed by atoms with Gasteiger partial charge in [0.25, 0.3) is 0 Å². The Kier molecular flexibility index (Phi) is 4.91. The summed E-state index contributed by atoms with van der Waals surface area (Å²) in [5.74, 6) is 0.728. The standard InChI is InChI=1S/C17H20ClNO/c1-4-20-17-6-5-15(10-16(17)18)19-11-14-8-12(2)7-13(3)9-14/h5-10,19H,4,11H2,1-3H3. The summed E-state index contributed by atoms with van der Waals surface area (Å²) in [6.07, 6.45) is 0. The summed E-state index contributed by atoms with van der Waals surface area (Å²) >= 11 is 6.18. The van der Waals surface area contributed by atoms with Crippen LogP contribution in [0.15, 0.2) is 36.4 Å². The van der Waals surface area contributed by atoms with E-state index in [-0.39, 0.29) is 0 Å². The predicted octanol–water partition coefficient (Wildman–Crippen LogP) is 4.97. The fourth-order valence-electron chi connectivity index (χ4n) is 2.26. The van der Waals surface area contributed by atoms with Gasteiger partial charge in [-0.15, -0.1) is 0 Å². The number of halogens is 1. The van der Waals surface area contributed by atoms with Crippen LogP contribution in [0.5, 0.6) is 5.75 Å². The Labute approximate surface area is 125 Å². The molecule has 0 atom stereocenters. The highest BCUT2D eigenvalue weighted by atomic mass is 35.5. The van der Waals surface area contributed by atoms with Crippen molar-refractivity contribution in [3.05, 3.63) is 58.1 Å². The second kappa shape index (κ2) is 6.67. The number of benzene rings is 2. The molecule has 0 saturated carbocycles. The smallest absolute Gasteiger partial charge is 0.138 e. The molecule has 0 fully saturated rings. The van der Waals surface area contributed by atoms with Crippen molar-refractivity contribution < 1.29 is 4.74 Å². The van der Waals surface area contributed by atoms with Gasteiger partial charge in [0.15, 0.2) is 0 Å². The monoisotopic (exact) mass is 289 g/mol. The highest BCUT2D eigenvalue weighted by Gasteiger charge is 2.03. The molecule has 3 heteroatoms. The van der Waals surface area contributed by atoms with E-state index in [1.165, 1.54) is 16.7 Å². The first kappa shape index (κ1) is 14.7. The minimum Gasteiger partial charge on any atom is -0.492 e. The number of nitrogens with one attached hydrogen (secondary N) is 1. The van der Waals surface area contributed by atoms with E-state index in [0.29, 0.717) is 11.6 Å². The van der Waals surface area contributed by atoms with Crippen LogP contribution in [-0.2, 0) is 6.54 Å². The van der Waals surface area contributed by atoms with E-state index < -0.39 is 0 Å². The summed E-state index contributed by atoms with van der Waals surface area (Å²) in [7, 11) is 0. The molecule has 0 spiro atoms. The summed E-state index contributed by atoms with van der Waals surface area (Å²) in [5, 5.41) is 4.02. The predicted molar refractivity (Wildman–Crippen MR) is 85.9 cm³/mol. The zero-order valence-electron chi connectivity index (χ0n) is 12.2. The Bertz CT molecular complexity index is 575. The molecule has 0 aliphatic heterocycles. The molecular formula is C17H20ClNO. The molecule has 0 amide bonds. The largest absolute Gasteiger partial charge is 0.492 e. The van der Waals surface area contributed by atoms with Crippen LogP contribution in [0.1, 0.15) is 23.6 Å². The average molecular weight is 290 g/mol. The maximum absolute atomic E-state index is 6.18. The molecule has 2 rings (SSSR count). The Hall–Kier alpha value is -1.67. The van der Waals surface area contributed by atoms with E-state index in [9.17, 15) is 0 Å². The topological polar surface area (TPSA) is 21.3 Å². The van der Waals surface area contributed by atoms with E-state index in [2.05, 4.69) is 37.4 Å².